The van der Waals surface area contributed by atoms with Gasteiger partial charge in [0.1, 0.15) is 0 Å². The first kappa shape index (κ1) is 12.8. The van der Waals surface area contributed by atoms with E-state index in [4.69, 9.17) is 0 Å². The summed E-state index contributed by atoms with van der Waals surface area (Å²) < 4.78 is 0. The van der Waals surface area contributed by atoms with E-state index in [0.717, 1.165) is 5.16 Å². The maximum atomic E-state index is 3.53. The molecule has 86 valence electrons. The topological polar surface area (TPSA) is 12.0 Å². The second-order valence-electron chi connectivity index (χ2n) is 6.65. The summed E-state index contributed by atoms with van der Waals surface area (Å²) >= 11 is 0. The van der Waals surface area contributed by atoms with Crippen molar-refractivity contribution in [1.29, 1.82) is 0 Å². The first-order valence-corrected chi connectivity index (χ1v) is 13.0. The van der Waals surface area contributed by atoms with E-state index in [1.807, 2.05) is 0 Å². The fourth-order valence-corrected chi connectivity index (χ4v) is 16.0. The Bertz CT molecular complexity index is 254. The van der Waals surface area contributed by atoms with Crippen molar-refractivity contribution in [3.8, 4) is 0 Å². The average molecular weight is 240 g/mol. The molecule has 1 N–H and O–H groups in total. The molecule has 1 rings (SSSR count). The van der Waals surface area contributed by atoms with Crippen molar-refractivity contribution in [1.82, 2.24) is 5.32 Å². The smallest absolute Gasteiger partial charge is 0.0473 e. The Morgan fingerprint density at radius 2 is 1.47 bits per heavy atom. The fourth-order valence-electron chi connectivity index (χ4n) is 3.05. The van der Waals surface area contributed by atoms with Gasteiger partial charge >= 0.3 is 0 Å². The molecule has 0 radical (unpaired) electrons. The lowest BCUT2D eigenvalue weighted by Gasteiger charge is -2.43. The molecule has 1 unspecified atom stereocenters. The lowest BCUT2D eigenvalue weighted by atomic mass is 10.2. The van der Waals surface area contributed by atoms with Crippen LogP contribution in [0, 0.1) is 0 Å². The van der Waals surface area contributed by atoms with Gasteiger partial charge in [-0.3, -0.25) is 0 Å². The Balaban J connectivity index is 2.92. The Morgan fingerprint density at radius 3 is 1.80 bits per heavy atom. The van der Waals surface area contributed by atoms with E-state index in [9.17, 15) is 0 Å². The summed E-state index contributed by atoms with van der Waals surface area (Å²) in [6.45, 7) is 15.0. The first-order valence-electron chi connectivity index (χ1n) is 5.82. The van der Waals surface area contributed by atoms with Gasteiger partial charge in [0.25, 0.3) is 0 Å². The Kier molecular flexibility index (Phi) is 3.66. The summed E-state index contributed by atoms with van der Waals surface area (Å²) in [6.07, 6.45) is 8.72. The van der Waals surface area contributed by atoms with Crippen LogP contribution in [0.25, 0.3) is 0 Å². The number of allylic oxidation sites excluding steroid dienone is 2. The Labute approximate surface area is 96.7 Å². The van der Waals surface area contributed by atoms with E-state index in [1.54, 1.807) is 0 Å². The van der Waals surface area contributed by atoms with Crippen molar-refractivity contribution < 1.29 is 0 Å². The monoisotopic (exact) mass is 239 g/mol. The zero-order valence-electron chi connectivity index (χ0n) is 11.0. The number of rotatable bonds is 3. The summed E-state index contributed by atoms with van der Waals surface area (Å²) in [5.74, 6) is 0. The zero-order valence-corrected chi connectivity index (χ0v) is 13.0. The third kappa shape index (κ3) is 3.35. The van der Waals surface area contributed by atoms with Crippen LogP contribution in [0.15, 0.2) is 24.4 Å². The van der Waals surface area contributed by atoms with Gasteiger partial charge in [-0.2, -0.15) is 0 Å². The van der Waals surface area contributed by atoms with Crippen LogP contribution >= 0.6 is 0 Å². The third-order valence-electron chi connectivity index (χ3n) is 3.04. The summed E-state index contributed by atoms with van der Waals surface area (Å²) in [7, 11) is -2.19. The molecule has 0 aliphatic carbocycles. The van der Waals surface area contributed by atoms with Gasteiger partial charge in [0.15, 0.2) is 0 Å². The number of hydrogen-bond donors (Lipinski definition) is 1. The zero-order chi connectivity index (χ0) is 11.7. The van der Waals surface area contributed by atoms with Crippen LogP contribution in [0.3, 0.4) is 0 Å². The molecule has 1 aliphatic rings. The molecule has 0 aromatic rings. The first-order chi connectivity index (χ1) is 6.73. The van der Waals surface area contributed by atoms with Crippen LogP contribution in [-0.2, 0) is 0 Å². The van der Waals surface area contributed by atoms with Gasteiger partial charge in [-0.15, -0.1) is 0 Å². The second kappa shape index (κ2) is 4.30. The van der Waals surface area contributed by atoms with Crippen LogP contribution in [0.5, 0.6) is 0 Å². The van der Waals surface area contributed by atoms with Crippen LogP contribution in [0.4, 0.5) is 0 Å². The quantitative estimate of drug-likeness (QED) is 0.742. The molecule has 3 heteroatoms. The highest BCUT2D eigenvalue weighted by atomic mass is 28.4. The summed E-state index contributed by atoms with van der Waals surface area (Å²) in [6, 6.07) is 0.577. The average Bonchev–Trinajstić information content (AvgIpc) is 2.00. The van der Waals surface area contributed by atoms with Crippen LogP contribution in [0.2, 0.25) is 44.4 Å². The summed E-state index contributed by atoms with van der Waals surface area (Å²) in [4.78, 5) is 0. The van der Waals surface area contributed by atoms with Gasteiger partial charge in [-0.1, -0.05) is 51.4 Å². The number of dihydropyridines is 1. The minimum Gasteiger partial charge on any atom is -0.385 e. The van der Waals surface area contributed by atoms with Gasteiger partial charge in [0, 0.05) is 22.2 Å². The van der Waals surface area contributed by atoms with Crippen molar-refractivity contribution in [2.24, 2.45) is 0 Å². The second-order valence-corrected chi connectivity index (χ2v) is 17.9. The van der Waals surface area contributed by atoms with E-state index in [1.165, 1.54) is 0 Å². The van der Waals surface area contributed by atoms with Gasteiger partial charge in [-0.25, -0.2) is 0 Å². The molecule has 1 nitrogen and oxygen atoms in total. The van der Waals surface area contributed by atoms with Crippen molar-refractivity contribution in [2.75, 3.05) is 0 Å². The maximum Gasteiger partial charge on any atom is 0.0473 e. The molecule has 0 amide bonds. The van der Waals surface area contributed by atoms with Crippen molar-refractivity contribution in [3.63, 3.8) is 0 Å². The molecule has 15 heavy (non-hydrogen) atoms. The highest BCUT2D eigenvalue weighted by Crippen LogP contribution is 2.36. The fraction of sp³-hybridized carbons (Fsp3) is 0.667. The van der Waals surface area contributed by atoms with Crippen LogP contribution in [0.1, 0.15) is 0 Å². The molecule has 0 spiro atoms. The predicted octanol–water partition coefficient (Wildman–Crippen LogP) is 3.61. The molecule has 1 heterocycles. The normalized spacial score (nSPS) is 21.9. The minimum absolute atomic E-state index is 0.577. The highest BCUT2D eigenvalue weighted by Gasteiger charge is 2.41. The molecule has 0 fully saturated rings. The molecular formula is C12H25NSi2. The highest BCUT2D eigenvalue weighted by molar-refractivity contribution is 6.96. The lowest BCUT2D eigenvalue weighted by molar-refractivity contribution is 0.705. The summed E-state index contributed by atoms with van der Waals surface area (Å²) in [5, 5.41) is 4.43. The minimum atomic E-state index is -1.10. The third-order valence-corrected chi connectivity index (χ3v) is 12.7. The number of hydrogen-bond acceptors (Lipinski definition) is 1. The van der Waals surface area contributed by atoms with Gasteiger partial charge in [-0.05, 0) is 17.4 Å². The van der Waals surface area contributed by atoms with E-state index >= 15 is 0 Å². The van der Waals surface area contributed by atoms with Gasteiger partial charge < -0.3 is 5.32 Å². The summed E-state index contributed by atoms with van der Waals surface area (Å²) in [5.41, 5.74) is 0. The Morgan fingerprint density at radius 1 is 0.933 bits per heavy atom. The predicted molar refractivity (Wildman–Crippen MR) is 75.6 cm³/mol. The molecule has 1 aliphatic heterocycles. The standard InChI is InChI=1S/C12H25NSi2/c1-14(2,3)12(15(4,5)6)11-9-7-8-10-13-11/h7-13H,1-6H3. The molecule has 0 bridgehead atoms. The van der Waals surface area contributed by atoms with Gasteiger partial charge in [0.05, 0.1) is 0 Å². The van der Waals surface area contributed by atoms with Crippen LogP contribution in [-0.4, -0.2) is 22.2 Å². The molecule has 0 aromatic heterocycles. The van der Waals surface area contributed by atoms with Crippen LogP contribution < -0.4 is 5.32 Å². The maximum absolute atomic E-state index is 3.53. The Hall–Kier alpha value is -0.286. The molecule has 0 saturated carbocycles. The largest absolute Gasteiger partial charge is 0.385 e. The van der Waals surface area contributed by atoms with E-state index in [-0.39, 0.29) is 0 Å². The lowest BCUT2D eigenvalue weighted by Crippen LogP contribution is -2.53. The van der Waals surface area contributed by atoms with Crippen molar-refractivity contribution in [3.05, 3.63) is 24.4 Å². The van der Waals surface area contributed by atoms with E-state index in [0.29, 0.717) is 6.04 Å². The molecule has 1 atom stereocenters. The SMILES string of the molecule is C[Si](C)(C)C(C1C=CC=CN1)[Si](C)(C)C. The van der Waals surface area contributed by atoms with E-state index < -0.39 is 16.1 Å². The molecule has 0 aromatic carbocycles. The molecular weight excluding hydrogens is 214 g/mol. The number of nitrogens with one attached hydrogen (secondary N) is 1. The molecule has 0 saturated heterocycles. The van der Waals surface area contributed by atoms with Gasteiger partial charge in [0.2, 0.25) is 0 Å². The van der Waals surface area contributed by atoms with Crippen molar-refractivity contribution in [2.45, 2.75) is 50.5 Å². The van der Waals surface area contributed by atoms with E-state index in [2.05, 4.69) is 69.0 Å². The van der Waals surface area contributed by atoms with Crippen molar-refractivity contribution >= 4 is 16.1 Å².